The number of aryl methyl sites for hydroxylation is 1. The highest BCUT2D eigenvalue weighted by Gasteiger charge is 2.39. The first-order valence-electron chi connectivity index (χ1n) is 14.1. The van der Waals surface area contributed by atoms with Crippen molar-refractivity contribution in [1.29, 1.82) is 0 Å². The van der Waals surface area contributed by atoms with E-state index in [2.05, 4.69) is 36.3 Å². The molecule has 4 rings (SSSR count). The fraction of sp³-hybridized carbons (Fsp3) is 0.424. The summed E-state index contributed by atoms with van der Waals surface area (Å²) >= 11 is 0. The number of carbonyl (C=O) groups is 2. The number of hydrogen-bond acceptors (Lipinski definition) is 5. The average molecular weight is 531 g/mol. The molecule has 39 heavy (non-hydrogen) atoms. The fourth-order valence-electron chi connectivity index (χ4n) is 5.17. The van der Waals surface area contributed by atoms with Crippen LogP contribution in [0.25, 0.3) is 0 Å². The molecule has 1 aliphatic heterocycles. The third-order valence-corrected chi connectivity index (χ3v) is 7.15. The predicted molar refractivity (Wildman–Crippen MR) is 160 cm³/mol. The van der Waals surface area contributed by atoms with Gasteiger partial charge in [0, 0.05) is 53.9 Å². The van der Waals surface area contributed by atoms with Crippen molar-refractivity contribution in [3.63, 3.8) is 0 Å². The number of aromatic carboxylic acids is 1. The number of ketones is 1. The van der Waals surface area contributed by atoms with Crippen LogP contribution in [0.15, 0.2) is 58.8 Å². The molecule has 0 fully saturated rings. The number of carbonyl (C=O) groups excluding carboxylic acids is 1. The molecule has 2 N–H and O–H groups in total. The SMILES string of the molecule is CCCCC.CCN=C1C=C2Oc3cc(NCC)c(C)cc3C(c3ccc(C(C)=O)cc3C(=O)O)C2C=C1C. The van der Waals surface area contributed by atoms with Crippen LogP contribution in [-0.4, -0.2) is 35.7 Å². The molecule has 2 unspecified atom stereocenters. The third kappa shape index (κ3) is 6.67. The van der Waals surface area contributed by atoms with E-state index in [0.717, 1.165) is 40.4 Å². The molecule has 0 spiro atoms. The van der Waals surface area contributed by atoms with E-state index >= 15 is 0 Å². The van der Waals surface area contributed by atoms with E-state index in [-0.39, 0.29) is 23.2 Å². The maximum Gasteiger partial charge on any atom is 0.336 e. The standard InChI is InChI=1S/C28H30N2O4.C5H12/c1-6-29-23-13-25-21(10-15(23)3)27(19-9-8-18(17(5)31)12-20(19)28(32)33)22-11-16(4)24(30-7-2)14-26(22)34-25;1-3-5-4-2/h8-14,21,27,30H,6-7H2,1-5H3,(H,32,33);3-5H2,1-2H3. The van der Waals surface area contributed by atoms with Crippen LogP contribution in [0, 0.1) is 12.8 Å². The van der Waals surface area contributed by atoms with Gasteiger partial charge < -0.3 is 15.2 Å². The number of nitrogens with zero attached hydrogens (tertiary/aromatic N) is 1. The van der Waals surface area contributed by atoms with E-state index in [0.29, 0.717) is 23.4 Å². The zero-order chi connectivity index (χ0) is 28.7. The van der Waals surface area contributed by atoms with Gasteiger partial charge in [-0.15, -0.1) is 0 Å². The van der Waals surface area contributed by atoms with Crippen molar-refractivity contribution in [2.45, 2.75) is 73.6 Å². The lowest BCUT2D eigenvalue weighted by molar-refractivity contribution is 0.0695. The summed E-state index contributed by atoms with van der Waals surface area (Å²) in [4.78, 5) is 28.9. The van der Waals surface area contributed by atoms with Gasteiger partial charge in [0.25, 0.3) is 0 Å². The zero-order valence-electron chi connectivity index (χ0n) is 24.4. The van der Waals surface area contributed by atoms with Crippen LogP contribution in [0.5, 0.6) is 5.75 Å². The molecule has 0 radical (unpaired) electrons. The van der Waals surface area contributed by atoms with Crippen LogP contribution in [0.4, 0.5) is 5.69 Å². The van der Waals surface area contributed by atoms with Gasteiger partial charge in [-0.2, -0.15) is 0 Å². The van der Waals surface area contributed by atoms with Gasteiger partial charge in [0.05, 0.1) is 11.3 Å². The lowest BCUT2D eigenvalue weighted by Crippen LogP contribution is -2.29. The summed E-state index contributed by atoms with van der Waals surface area (Å²) in [6.45, 7) is 15.4. The number of rotatable bonds is 8. The Hall–Kier alpha value is -3.67. The van der Waals surface area contributed by atoms with Gasteiger partial charge in [0.1, 0.15) is 11.5 Å². The highest BCUT2D eigenvalue weighted by molar-refractivity contribution is 6.09. The summed E-state index contributed by atoms with van der Waals surface area (Å²) in [5.74, 6) is -0.244. The van der Waals surface area contributed by atoms with E-state index in [4.69, 9.17) is 4.74 Å². The Bertz CT molecular complexity index is 1320. The molecule has 2 aliphatic rings. The van der Waals surface area contributed by atoms with Crippen LogP contribution in [0.3, 0.4) is 0 Å². The maximum atomic E-state index is 12.3. The van der Waals surface area contributed by atoms with E-state index in [1.54, 1.807) is 12.1 Å². The Morgan fingerprint density at radius 1 is 1.03 bits per heavy atom. The maximum absolute atomic E-state index is 12.3. The average Bonchev–Trinajstić information content (AvgIpc) is 2.89. The quantitative estimate of drug-likeness (QED) is 0.338. The molecule has 0 amide bonds. The first kappa shape index (κ1) is 29.9. The van der Waals surface area contributed by atoms with Gasteiger partial charge >= 0.3 is 5.97 Å². The predicted octanol–water partition coefficient (Wildman–Crippen LogP) is 7.97. The number of anilines is 1. The smallest absolute Gasteiger partial charge is 0.336 e. The minimum Gasteiger partial charge on any atom is -0.478 e. The van der Waals surface area contributed by atoms with Crippen LogP contribution in [0.2, 0.25) is 0 Å². The Morgan fingerprint density at radius 3 is 2.31 bits per heavy atom. The van der Waals surface area contributed by atoms with Crippen LogP contribution < -0.4 is 10.1 Å². The fourth-order valence-corrected chi connectivity index (χ4v) is 5.17. The largest absolute Gasteiger partial charge is 0.478 e. The van der Waals surface area contributed by atoms with Crippen molar-refractivity contribution >= 4 is 23.2 Å². The third-order valence-electron chi connectivity index (χ3n) is 7.15. The second-order valence-corrected chi connectivity index (χ2v) is 10.1. The second kappa shape index (κ2) is 13.4. The Balaban J connectivity index is 0.000000771. The second-order valence-electron chi connectivity index (χ2n) is 10.1. The van der Waals surface area contributed by atoms with Crippen LogP contribution >= 0.6 is 0 Å². The summed E-state index contributed by atoms with van der Waals surface area (Å²) < 4.78 is 6.41. The van der Waals surface area contributed by atoms with Crippen molar-refractivity contribution in [2.75, 3.05) is 18.4 Å². The van der Waals surface area contributed by atoms with E-state index < -0.39 is 5.97 Å². The van der Waals surface area contributed by atoms with Crippen molar-refractivity contribution in [1.82, 2.24) is 0 Å². The number of ether oxygens (including phenoxy) is 1. The number of carboxylic acids is 1. The monoisotopic (exact) mass is 530 g/mol. The lowest BCUT2D eigenvalue weighted by atomic mass is 9.73. The van der Waals surface area contributed by atoms with Crippen molar-refractivity contribution in [2.24, 2.45) is 10.9 Å². The number of benzene rings is 2. The summed E-state index contributed by atoms with van der Waals surface area (Å²) in [5, 5.41) is 13.4. The van der Waals surface area contributed by atoms with Gasteiger partial charge in [-0.1, -0.05) is 51.3 Å². The lowest BCUT2D eigenvalue weighted by Gasteiger charge is -2.37. The zero-order valence-corrected chi connectivity index (χ0v) is 24.4. The number of carboxylic acid groups (broad SMARTS) is 1. The number of allylic oxidation sites excluding steroid dienone is 3. The molecule has 2 atom stereocenters. The number of Topliss-reactive ketones (excluding diaryl/α,β-unsaturated/α-hetero) is 1. The molecule has 1 aliphatic carbocycles. The van der Waals surface area contributed by atoms with Gasteiger partial charge in [-0.05, 0) is 63.5 Å². The molecule has 2 aromatic rings. The van der Waals surface area contributed by atoms with E-state index in [1.165, 1.54) is 32.3 Å². The molecule has 208 valence electrons. The first-order valence-corrected chi connectivity index (χ1v) is 14.1. The summed E-state index contributed by atoms with van der Waals surface area (Å²) in [7, 11) is 0. The summed E-state index contributed by atoms with van der Waals surface area (Å²) in [6, 6.07) is 9.06. The number of aliphatic imine (C=N–C) groups is 1. The van der Waals surface area contributed by atoms with Gasteiger partial charge in [-0.25, -0.2) is 4.79 Å². The molecule has 0 bridgehead atoms. The van der Waals surface area contributed by atoms with Crippen molar-refractivity contribution in [3.8, 4) is 5.75 Å². The van der Waals surface area contributed by atoms with E-state index in [9.17, 15) is 14.7 Å². The number of nitrogens with one attached hydrogen (secondary N) is 1. The first-order chi connectivity index (χ1) is 18.7. The van der Waals surface area contributed by atoms with Gasteiger partial charge in [0.2, 0.25) is 0 Å². The topological polar surface area (TPSA) is 88.0 Å². The number of hydrogen-bond donors (Lipinski definition) is 2. The number of unbranched alkanes of at least 4 members (excludes halogenated alkanes) is 2. The highest BCUT2D eigenvalue weighted by Crippen LogP contribution is 2.50. The van der Waals surface area contributed by atoms with Crippen LogP contribution in [0.1, 0.15) is 104 Å². The van der Waals surface area contributed by atoms with Gasteiger partial charge in [0.15, 0.2) is 5.78 Å². The highest BCUT2D eigenvalue weighted by atomic mass is 16.5. The molecule has 0 saturated heterocycles. The minimum atomic E-state index is -1.05. The van der Waals surface area contributed by atoms with Crippen LogP contribution in [-0.2, 0) is 0 Å². The van der Waals surface area contributed by atoms with Crippen molar-refractivity contribution < 1.29 is 19.4 Å². The Kier molecular flexibility index (Phi) is 10.3. The molecular formula is C33H42N2O4. The molecule has 0 saturated carbocycles. The van der Waals surface area contributed by atoms with Gasteiger partial charge in [-0.3, -0.25) is 9.79 Å². The number of fused-ring (bicyclic) bond motifs is 2. The molecule has 0 aromatic heterocycles. The summed E-state index contributed by atoms with van der Waals surface area (Å²) in [5.41, 5.74) is 6.06. The molecule has 2 aromatic carbocycles. The Morgan fingerprint density at radius 2 is 1.74 bits per heavy atom. The molecule has 1 heterocycles. The molecule has 6 heteroatoms. The van der Waals surface area contributed by atoms with Crippen molar-refractivity contribution in [3.05, 3.63) is 81.6 Å². The van der Waals surface area contributed by atoms with E-state index in [1.807, 2.05) is 39.8 Å². The normalized spacial score (nSPS) is 18.5. The summed E-state index contributed by atoms with van der Waals surface area (Å²) in [6.07, 6.45) is 8.17. The minimum absolute atomic E-state index is 0.136. The molecular weight excluding hydrogens is 488 g/mol. The molecule has 6 nitrogen and oxygen atoms in total. The Labute approximate surface area is 232 Å².